The van der Waals surface area contributed by atoms with Gasteiger partial charge in [-0.1, -0.05) is 48.5 Å². The topological polar surface area (TPSA) is 29.1 Å². The van der Waals surface area contributed by atoms with Gasteiger partial charge in [0.2, 0.25) is 0 Å². The first kappa shape index (κ1) is 16.3. The standard InChI is InChI=1S/C24H18ClNO/c25-10-9-15-6-8-23-21(12-15)22(24(27)26-23)13-16-5-7-20-18(11-16)14-17-3-1-2-4-19(17)20/h1-8,11-13H,9-10,14H2,(H,26,27). The first-order valence-electron chi connectivity index (χ1n) is 9.16. The number of nitrogens with one attached hydrogen (secondary N) is 1. The van der Waals surface area contributed by atoms with Gasteiger partial charge in [-0.3, -0.25) is 4.79 Å². The van der Waals surface area contributed by atoms with Crippen molar-refractivity contribution in [3.63, 3.8) is 0 Å². The highest BCUT2D eigenvalue weighted by Gasteiger charge is 2.25. The molecule has 0 bridgehead atoms. The number of aryl methyl sites for hydroxylation is 1. The number of carbonyl (C=O) groups is 1. The molecule has 0 saturated heterocycles. The van der Waals surface area contributed by atoms with Crippen molar-refractivity contribution in [2.24, 2.45) is 0 Å². The lowest BCUT2D eigenvalue weighted by molar-refractivity contribution is -0.110. The molecule has 0 spiro atoms. The third-order valence-corrected chi connectivity index (χ3v) is 5.57. The summed E-state index contributed by atoms with van der Waals surface area (Å²) in [5, 5.41) is 2.96. The van der Waals surface area contributed by atoms with E-state index in [1.807, 2.05) is 18.2 Å². The molecule has 0 fully saturated rings. The summed E-state index contributed by atoms with van der Waals surface area (Å²) in [6, 6.07) is 21.1. The normalized spacial score (nSPS) is 15.4. The van der Waals surface area contributed by atoms with E-state index >= 15 is 0 Å². The number of halogens is 1. The van der Waals surface area contributed by atoms with Crippen LogP contribution in [0.5, 0.6) is 0 Å². The Morgan fingerprint density at radius 1 is 0.926 bits per heavy atom. The van der Waals surface area contributed by atoms with Crippen LogP contribution in [0.15, 0.2) is 60.7 Å². The smallest absolute Gasteiger partial charge is 0.256 e. The SMILES string of the molecule is O=C1Nc2ccc(CCCl)cc2C1=Cc1ccc2c(c1)Cc1ccccc1-2. The van der Waals surface area contributed by atoms with Crippen molar-refractivity contribution in [2.45, 2.75) is 12.8 Å². The zero-order valence-corrected chi connectivity index (χ0v) is 15.5. The van der Waals surface area contributed by atoms with E-state index in [2.05, 4.69) is 53.8 Å². The lowest BCUT2D eigenvalue weighted by Gasteiger charge is -2.05. The van der Waals surface area contributed by atoms with Gasteiger partial charge in [0.25, 0.3) is 5.91 Å². The van der Waals surface area contributed by atoms with E-state index in [0.717, 1.165) is 40.8 Å². The fraction of sp³-hybridized carbons (Fsp3) is 0.125. The highest BCUT2D eigenvalue weighted by atomic mass is 35.5. The van der Waals surface area contributed by atoms with Gasteiger partial charge < -0.3 is 5.32 Å². The Kier molecular flexibility index (Phi) is 3.87. The third kappa shape index (κ3) is 2.77. The fourth-order valence-electron chi connectivity index (χ4n) is 4.06. The Morgan fingerprint density at radius 2 is 1.78 bits per heavy atom. The molecule has 1 aliphatic heterocycles. The first-order chi connectivity index (χ1) is 13.2. The van der Waals surface area contributed by atoms with Gasteiger partial charge in [0.15, 0.2) is 0 Å². The molecule has 3 aromatic rings. The highest BCUT2D eigenvalue weighted by molar-refractivity contribution is 6.35. The van der Waals surface area contributed by atoms with Crippen molar-refractivity contribution >= 4 is 34.8 Å². The molecule has 132 valence electrons. The van der Waals surface area contributed by atoms with Crippen LogP contribution in [-0.2, 0) is 17.6 Å². The van der Waals surface area contributed by atoms with E-state index in [1.54, 1.807) is 0 Å². The Morgan fingerprint density at radius 3 is 2.67 bits per heavy atom. The second-order valence-corrected chi connectivity index (χ2v) is 7.46. The molecular weight excluding hydrogens is 354 g/mol. The highest BCUT2D eigenvalue weighted by Crippen LogP contribution is 2.38. The number of alkyl halides is 1. The van der Waals surface area contributed by atoms with Crippen molar-refractivity contribution in [2.75, 3.05) is 11.2 Å². The minimum atomic E-state index is -0.0446. The average Bonchev–Trinajstić information content (AvgIpc) is 3.19. The lowest BCUT2D eigenvalue weighted by Crippen LogP contribution is -2.03. The van der Waals surface area contributed by atoms with Gasteiger partial charge in [0, 0.05) is 22.7 Å². The Balaban J connectivity index is 1.54. The van der Waals surface area contributed by atoms with Crippen LogP contribution >= 0.6 is 11.6 Å². The zero-order chi connectivity index (χ0) is 18.4. The second kappa shape index (κ2) is 6.40. The summed E-state index contributed by atoms with van der Waals surface area (Å²) in [5.41, 5.74) is 10.1. The number of amides is 1. The number of anilines is 1. The molecule has 0 atom stereocenters. The van der Waals surface area contributed by atoms with Gasteiger partial charge in [0.1, 0.15) is 0 Å². The molecule has 1 amide bonds. The molecule has 0 radical (unpaired) electrons. The Bertz CT molecular complexity index is 1110. The first-order valence-corrected chi connectivity index (χ1v) is 9.70. The van der Waals surface area contributed by atoms with Crippen LogP contribution in [0, 0.1) is 0 Å². The summed E-state index contributed by atoms with van der Waals surface area (Å²) >= 11 is 5.88. The monoisotopic (exact) mass is 371 g/mol. The predicted molar refractivity (Wildman–Crippen MR) is 112 cm³/mol. The summed E-state index contributed by atoms with van der Waals surface area (Å²) in [5.74, 6) is 0.529. The van der Waals surface area contributed by atoms with Gasteiger partial charge in [-0.25, -0.2) is 0 Å². The quantitative estimate of drug-likeness (QED) is 0.372. The molecule has 0 aromatic heterocycles. The second-order valence-electron chi connectivity index (χ2n) is 7.08. The summed E-state index contributed by atoms with van der Waals surface area (Å²) in [6.07, 6.45) is 3.74. The molecule has 5 rings (SSSR count). The number of rotatable bonds is 3. The van der Waals surface area contributed by atoms with Crippen LogP contribution in [0.2, 0.25) is 0 Å². The Hall–Kier alpha value is -2.84. The van der Waals surface area contributed by atoms with Crippen LogP contribution < -0.4 is 5.32 Å². The number of carbonyl (C=O) groups excluding carboxylic acids is 1. The van der Waals surface area contributed by atoms with Crippen molar-refractivity contribution in [1.82, 2.24) is 0 Å². The molecule has 2 nitrogen and oxygen atoms in total. The fourth-order valence-corrected chi connectivity index (χ4v) is 4.28. The van der Waals surface area contributed by atoms with Gasteiger partial charge >= 0.3 is 0 Å². The van der Waals surface area contributed by atoms with E-state index in [4.69, 9.17) is 11.6 Å². The Labute approximate surface area is 163 Å². The van der Waals surface area contributed by atoms with Crippen LogP contribution in [-0.4, -0.2) is 11.8 Å². The molecule has 3 heteroatoms. The van der Waals surface area contributed by atoms with Crippen LogP contribution in [0.25, 0.3) is 22.8 Å². The van der Waals surface area contributed by atoms with Crippen LogP contribution in [0.4, 0.5) is 5.69 Å². The molecule has 0 unspecified atom stereocenters. The van der Waals surface area contributed by atoms with Crippen molar-refractivity contribution in [1.29, 1.82) is 0 Å². The van der Waals surface area contributed by atoms with E-state index in [1.165, 1.54) is 22.3 Å². The molecule has 3 aromatic carbocycles. The maximum atomic E-state index is 12.5. The van der Waals surface area contributed by atoms with Gasteiger partial charge in [-0.15, -0.1) is 11.6 Å². The zero-order valence-electron chi connectivity index (χ0n) is 14.8. The number of hydrogen-bond donors (Lipinski definition) is 1. The van der Waals surface area contributed by atoms with E-state index in [-0.39, 0.29) is 5.91 Å². The maximum Gasteiger partial charge on any atom is 0.256 e. The van der Waals surface area contributed by atoms with Gasteiger partial charge in [-0.05, 0) is 64.4 Å². The summed E-state index contributed by atoms with van der Waals surface area (Å²) < 4.78 is 0. The summed E-state index contributed by atoms with van der Waals surface area (Å²) in [4.78, 5) is 12.5. The van der Waals surface area contributed by atoms with Gasteiger partial charge in [0.05, 0.1) is 0 Å². The predicted octanol–water partition coefficient (Wildman–Crippen LogP) is 5.53. The number of benzene rings is 3. The summed E-state index contributed by atoms with van der Waals surface area (Å²) in [6.45, 7) is 0. The lowest BCUT2D eigenvalue weighted by atomic mass is 9.98. The van der Waals surface area contributed by atoms with E-state index in [0.29, 0.717) is 5.88 Å². The van der Waals surface area contributed by atoms with E-state index < -0.39 is 0 Å². The van der Waals surface area contributed by atoms with Crippen LogP contribution in [0.3, 0.4) is 0 Å². The number of fused-ring (bicyclic) bond motifs is 4. The summed E-state index contributed by atoms with van der Waals surface area (Å²) in [7, 11) is 0. The minimum Gasteiger partial charge on any atom is -0.321 e. The molecule has 0 saturated carbocycles. The third-order valence-electron chi connectivity index (χ3n) is 5.38. The molecular formula is C24H18ClNO. The van der Waals surface area contributed by atoms with Crippen molar-refractivity contribution < 1.29 is 4.79 Å². The molecule has 1 heterocycles. The maximum absolute atomic E-state index is 12.5. The molecule has 2 aliphatic rings. The molecule has 1 aliphatic carbocycles. The van der Waals surface area contributed by atoms with Crippen molar-refractivity contribution in [3.8, 4) is 11.1 Å². The molecule has 1 N–H and O–H groups in total. The largest absolute Gasteiger partial charge is 0.321 e. The van der Waals surface area contributed by atoms with Crippen LogP contribution in [0.1, 0.15) is 27.8 Å². The van der Waals surface area contributed by atoms with Gasteiger partial charge in [-0.2, -0.15) is 0 Å². The van der Waals surface area contributed by atoms with E-state index in [9.17, 15) is 4.79 Å². The molecule has 27 heavy (non-hydrogen) atoms. The minimum absolute atomic E-state index is 0.0446. The average molecular weight is 372 g/mol. The number of hydrogen-bond acceptors (Lipinski definition) is 1. The van der Waals surface area contributed by atoms with Crippen molar-refractivity contribution in [3.05, 3.63) is 88.5 Å².